The summed E-state index contributed by atoms with van der Waals surface area (Å²) in [6.07, 6.45) is 2.11. The van der Waals surface area contributed by atoms with E-state index in [9.17, 15) is 0 Å². The second kappa shape index (κ2) is 5.25. The predicted octanol–water partition coefficient (Wildman–Crippen LogP) is 3.26. The molecule has 0 atom stereocenters. The summed E-state index contributed by atoms with van der Waals surface area (Å²) in [7, 11) is 1.90. The van der Waals surface area contributed by atoms with Crippen LogP contribution in [0.3, 0.4) is 0 Å². The van der Waals surface area contributed by atoms with E-state index in [1.165, 1.54) is 0 Å². The maximum atomic E-state index is 6.14. The van der Waals surface area contributed by atoms with Crippen LogP contribution in [0.1, 0.15) is 26.0 Å². The van der Waals surface area contributed by atoms with Gasteiger partial charge in [0.25, 0.3) is 0 Å². The summed E-state index contributed by atoms with van der Waals surface area (Å²) in [6.45, 7) is 4.46. The molecule has 0 saturated heterocycles. The first-order chi connectivity index (χ1) is 8.59. The molecule has 3 nitrogen and oxygen atoms in total. The highest BCUT2D eigenvalue weighted by molar-refractivity contribution is 5.76. The van der Waals surface area contributed by atoms with Crippen molar-refractivity contribution in [3.63, 3.8) is 0 Å². The highest BCUT2D eigenvalue weighted by Crippen LogP contribution is 2.30. The summed E-state index contributed by atoms with van der Waals surface area (Å²) < 4.78 is 1.78. The number of aryl methyl sites for hydroxylation is 2. The van der Waals surface area contributed by atoms with E-state index in [1.54, 1.807) is 4.68 Å². The Morgan fingerprint density at radius 1 is 1.22 bits per heavy atom. The van der Waals surface area contributed by atoms with E-state index in [0.717, 1.165) is 35.5 Å². The van der Waals surface area contributed by atoms with E-state index in [1.807, 2.05) is 25.2 Å². The Kier molecular flexibility index (Phi) is 3.70. The molecule has 0 radical (unpaired) electrons. The average Bonchev–Trinajstić information content (AvgIpc) is 2.64. The Morgan fingerprint density at radius 3 is 2.50 bits per heavy atom. The van der Waals surface area contributed by atoms with Crippen molar-refractivity contribution >= 4 is 5.82 Å². The van der Waals surface area contributed by atoms with Crippen molar-refractivity contribution in [3.05, 3.63) is 36.0 Å². The molecule has 2 rings (SSSR count). The number of anilines is 1. The molecule has 0 unspecified atom stereocenters. The smallest absolute Gasteiger partial charge is 0.129 e. The van der Waals surface area contributed by atoms with Crippen LogP contribution in [-0.4, -0.2) is 9.78 Å². The SMILES string of the molecule is CC(C)CCc1nn(C)c(N)c1-c1ccccc1. The fourth-order valence-electron chi connectivity index (χ4n) is 2.11. The summed E-state index contributed by atoms with van der Waals surface area (Å²) in [5.41, 5.74) is 9.50. The van der Waals surface area contributed by atoms with Crippen LogP contribution in [0.2, 0.25) is 0 Å². The zero-order valence-corrected chi connectivity index (χ0v) is 11.4. The van der Waals surface area contributed by atoms with Crippen molar-refractivity contribution in [1.82, 2.24) is 9.78 Å². The van der Waals surface area contributed by atoms with Gasteiger partial charge >= 0.3 is 0 Å². The van der Waals surface area contributed by atoms with Gasteiger partial charge in [-0.3, -0.25) is 4.68 Å². The number of nitrogen functional groups attached to an aromatic ring is 1. The number of nitrogens with two attached hydrogens (primary N) is 1. The van der Waals surface area contributed by atoms with Crippen molar-refractivity contribution < 1.29 is 0 Å². The molecule has 0 aliphatic carbocycles. The molecule has 0 spiro atoms. The molecule has 96 valence electrons. The van der Waals surface area contributed by atoms with Gasteiger partial charge in [-0.25, -0.2) is 0 Å². The Morgan fingerprint density at radius 2 is 1.89 bits per heavy atom. The van der Waals surface area contributed by atoms with Crippen LogP contribution in [0, 0.1) is 5.92 Å². The molecule has 0 bridgehead atoms. The van der Waals surface area contributed by atoms with Gasteiger partial charge in [0.05, 0.1) is 5.69 Å². The maximum absolute atomic E-state index is 6.14. The average molecular weight is 243 g/mol. The summed E-state index contributed by atoms with van der Waals surface area (Å²) in [6, 6.07) is 10.3. The Hall–Kier alpha value is -1.77. The van der Waals surface area contributed by atoms with Crippen LogP contribution >= 0.6 is 0 Å². The van der Waals surface area contributed by atoms with Gasteiger partial charge in [-0.2, -0.15) is 5.10 Å². The lowest BCUT2D eigenvalue weighted by atomic mass is 10.00. The van der Waals surface area contributed by atoms with Crippen molar-refractivity contribution in [2.75, 3.05) is 5.73 Å². The minimum Gasteiger partial charge on any atom is -0.383 e. The number of nitrogens with zero attached hydrogens (tertiary/aromatic N) is 2. The molecular weight excluding hydrogens is 222 g/mol. The third kappa shape index (κ3) is 2.55. The van der Waals surface area contributed by atoms with Gasteiger partial charge in [-0.1, -0.05) is 44.2 Å². The number of hydrogen-bond donors (Lipinski definition) is 1. The molecule has 2 N–H and O–H groups in total. The standard InChI is InChI=1S/C15H21N3/c1-11(2)9-10-13-14(15(16)18(3)17-13)12-7-5-4-6-8-12/h4-8,11H,9-10,16H2,1-3H3. The van der Waals surface area contributed by atoms with Crippen LogP contribution < -0.4 is 5.73 Å². The van der Waals surface area contributed by atoms with Crippen molar-refractivity contribution in [1.29, 1.82) is 0 Å². The molecule has 0 aliphatic heterocycles. The molecule has 0 aliphatic rings. The first kappa shape index (κ1) is 12.7. The first-order valence-electron chi connectivity index (χ1n) is 6.46. The number of hydrogen-bond acceptors (Lipinski definition) is 2. The third-order valence-electron chi connectivity index (χ3n) is 3.19. The summed E-state index contributed by atoms with van der Waals surface area (Å²) in [4.78, 5) is 0. The van der Waals surface area contributed by atoms with Crippen LogP contribution in [0.4, 0.5) is 5.82 Å². The Labute approximate surface area is 109 Å². The summed E-state index contributed by atoms with van der Waals surface area (Å²) in [5.74, 6) is 1.43. The minimum absolute atomic E-state index is 0.678. The van der Waals surface area contributed by atoms with Gasteiger partial charge in [-0.15, -0.1) is 0 Å². The normalized spacial score (nSPS) is 11.1. The van der Waals surface area contributed by atoms with Crippen LogP contribution in [0.25, 0.3) is 11.1 Å². The largest absolute Gasteiger partial charge is 0.383 e. The second-order valence-electron chi connectivity index (χ2n) is 5.13. The van der Waals surface area contributed by atoms with Gasteiger partial charge in [-0.05, 0) is 24.3 Å². The lowest BCUT2D eigenvalue weighted by molar-refractivity contribution is 0.577. The third-order valence-corrected chi connectivity index (χ3v) is 3.19. The summed E-state index contributed by atoms with van der Waals surface area (Å²) in [5, 5.41) is 4.55. The van der Waals surface area contributed by atoms with Gasteiger partial charge in [0, 0.05) is 12.6 Å². The minimum atomic E-state index is 0.678. The fourth-order valence-corrected chi connectivity index (χ4v) is 2.11. The number of rotatable bonds is 4. The molecule has 18 heavy (non-hydrogen) atoms. The van der Waals surface area contributed by atoms with E-state index >= 15 is 0 Å². The number of aromatic nitrogens is 2. The second-order valence-corrected chi connectivity index (χ2v) is 5.13. The van der Waals surface area contributed by atoms with Crippen LogP contribution in [0.15, 0.2) is 30.3 Å². The Bertz CT molecular complexity index is 512. The fraction of sp³-hybridized carbons (Fsp3) is 0.400. The Balaban J connectivity index is 2.39. The topological polar surface area (TPSA) is 43.8 Å². The van der Waals surface area contributed by atoms with Crippen molar-refractivity contribution in [2.24, 2.45) is 13.0 Å². The molecule has 0 amide bonds. The highest BCUT2D eigenvalue weighted by atomic mass is 15.3. The molecule has 1 heterocycles. The predicted molar refractivity (Wildman–Crippen MR) is 76.2 cm³/mol. The lowest BCUT2D eigenvalue weighted by Crippen LogP contribution is -1.98. The molecule has 0 fully saturated rings. The van der Waals surface area contributed by atoms with Gasteiger partial charge in [0.15, 0.2) is 0 Å². The van der Waals surface area contributed by atoms with Gasteiger partial charge in [0.2, 0.25) is 0 Å². The monoisotopic (exact) mass is 243 g/mol. The first-order valence-corrected chi connectivity index (χ1v) is 6.46. The van der Waals surface area contributed by atoms with Crippen molar-refractivity contribution in [3.8, 4) is 11.1 Å². The van der Waals surface area contributed by atoms with E-state index in [4.69, 9.17) is 5.73 Å². The highest BCUT2D eigenvalue weighted by Gasteiger charge is 2.15. The van der Waals surface area contributed by atoms with Gasteiger partial charge < -0.3 is 5.73 Å². The van der Waals surface area contributed by atoms with E-state index in [-0.39, 0.29) is 0 Å². The molecule has 3 heteroatoms. The van der Waals surface area contributed by atoms with Crippen molar-refractivity contribution in [2.45, 2.75) is 26.7 Å². The van der Waals surface area contributed by atoms with E-state index in [0.29, 0.717) is 5.92 Å². The van der Waals surface area contributed by atoms with E-state index < -0.39 is 0 Å². The van der Waals surface area contributed by atoms with E-state index in [2.05, 4.69) is 31.1 Å². The summed E-state index contributed by atoms with van der Waals surface area (Å²) >= 11 is 0. The maximum Gasteiger partial charge on any atom is 0.129 e. The molecule has 0 saturated carbocycles. The molecular formula is C15H21N3. The molecule has 1 aromatic carbocycles. The molecule has 1 aromatic heterocycles. The lowest BCUT2D eigenvalue weighted by Gasteiger charge is -2.05. The van der Waals surface area contributed by atoms with Crippen LogP contribution in [-0.2, 0) is 13.5 Å². The quantitative estimate of drug-likeness (QED) is 0.895. The number of benzene rings is 1. The molecule has 2 aromatic rings. The van der Waals surface area contributed by atoms with Crippen LogP contribution in [0.5, 0.6) is 0 Å². The van der Waals surface area contributed by atoms with Gasteiger partial charge in [0.1, 0.15) is 5.82 Å². The zero-order chi connectivity index (χ0) is 13.1. The zero-order valence-electron chi connectivity index (χ0n) is 11.4.